The smallest absolute Gasteiger partial charge is 0.228 e. The molecule has 2 unspecified atom stereocenters. The predicted octanol–water partition coefficient (Wildman–Crippen LogP) is 1.27. The fourth-order valence-electron chi connectivity index (χ4n) is 2.50. The summed E-state index contributed by atoms with van der Waals surface area (Å²) in [5.74, 6) is 0.593. The van der Waals surface area contributed by atoms with Gasteiger partial charge in [-0.1, -0.05) is 0 Å². The number of nitrogens with two attached hydrogens (primary N) is 1. The molecule has 0 aromatic carbocycles. The molecule has 0 spiro atoms. The molecule has 108 valence electrons. The van der Waals surface area contributed by atoms with Gasteiger partial charge in [0, 0.05) is 24.8 Å². The molecule has 3 N–H and O–H groups in total. The molecule has 2 atom stereocenters. The molecule has 1 fully saturated rings. The number of piperidine rings is 1. The topological polar surface area (TPSA) is 75.0 Å². The van der Waals surface area contributed by atoms with Crippen LogP contribution in [-0.2, 0) is 11.2 Å². The summed E-state index contributed by atoms with van der Waals surface area (Å²) in [7, 11) is 0. The van der Waals surface area contributed by atoms with Gasteiger partial charge in [-0.25, -0.2) is 0 Å². The van der Waals surface area contributed by atoms with Crippen LogP contribution in [0.4, 0.5) is 0 Å². The molecule has 1 saturated heterocycles. The number of halogens is 1. The maximum Gasteiger partial charge on any atom is 0.228 e. The van der Waals surface area contributed by atoms with Crippen LogP contribution in [0.25, 0.3) is 0 Å². The number of H-pyrrole nitrogens is 1. The quantitative estimate of drug-likeness (QED) is 0.879. The van der Waals surface area contributed by atoms with E-state index in [9.17, 15) is 4.79 Å². The number of amides is 1. The predicted molar refractivity (Wildman–Crippen MR) is 77.2 cm³/mol. The SMILES string of the molecule is Cc1cc(CC(=O)N2CCCC(C(C)N)C2)n[nH]1.Cl. The number of carbonyl (C=O) groups is 1. The number of carbonyl (C=O) groups excluding carboxylic acids is 1. The number of aromatic nitrogens is 2. The molecule has 1 aliphatic rings. The summed E-state index contributed by atoms with van der Waals surface area (Å²) in [6, 6.07) is 2.08. The van der Waals surface area contributed by atoms with Crippen molar-refractivity contribution in [2.75, 3.05) is 13.1 Å². The molecule has 2 heterocycles. The molecule has 1 aromatic heterocycles. The maximum atomic E-state index is 12.2. The van der Waals surface area contributed by atoms with Gasteiger partial charge in [-0.15, -0.1) is 12.4 Å². The largest absolute Gasteiger partial charge is 0.342 e. The number of aromatic amines is 1. The molecule has 1 aromatic rings. The molecule has 1 aliphatic heterocycles. The first kappa shape index (κ1) is 16.0. The fraction of sp³-hybridized carbons (Fsp3) is 0.692. The van der Waals surface area contributed by atoms with Gasteiger partial charge < -0.3 is 10.6 Å². The van der Waals surface area contributed by atoms with E-state index in [1.165, 1.54) is 0 Å². The Labute approximate surface area is 120 Å². The van der Waals surface area contributed by atoms with E-state index in [1.54, 1.807) is 0 Å². The van der Waals surface area contributed by atoms with Crippen molar-refractivity contribution in [2.45, 2.75) is 39.2 Å². The van der Waals surface area contributed by atoms with Gasteiger partial charge in [-0.2, -0.15) is 5.10 Å². The van der Waals surface area contributed by atoms with Crippen molar-refractivity contribution in [3.63, 3.8) is 0 Å². The van der Waals surface area contributed by atoms with Crippen LogP contribution in [0.5, 0.6) is 0 Å². The average Bonchev–Trinajstić information content (AvgIpc) is 2.75. The van der Waals surface area contributed by atoms with Gasteiger partial charge in [0.2, 0.25) is 5.91 Å². The minimum atomic E-state index is 0. The van der Waals surface area contributed by atoms with Crippen molar-refractivity contribution in [3.8, 4) is 0 Å². The molecule has 19 heavy (non-hydrogen) atoms. The van der Waals surface area contributed by atoms with Gasteiger partial charge in [0.1, 0.15) is 0 Å². The highest BCUT2D eigenvalue weighted by Gasteiger charge is 2.25. The van der Waals surface area contributed by atoms with E-state index in [0.717, 1.165) is 37.3 Å². The maximum absolute atomic E-state index is 12.2. The van der Waals surface area contributed by atoms with Gasteiger partial charge in [0.25, 0.3) is 0 Å². The van der Waals surface area contributed by atoms with E-state index in [0.29, 0.717) is 12.3 Å². The Morgan fingerprint density at radius 1 is 1.68 bits per heavy atom. The highest BCUT2D eigenvalue weighted by Crippen LogP contribution is 2.19. The summed E-state index contributed by atoms with van der Waals surface area (Å²) in [5.41, 5.74) is 7.74. The Kier molecular flexibility index (Phi) is 5.82. The van der Waals surface area contributed by atoms with Gasteiger partial charge in [0.05, 0.1) is 12.1 Å². The van der Waals surface area contributed by atoms with Crippen LogP contribution in [0.15, 0.2) is 6.07 Å². The summed E-state index contributed by atoms with van der Waals surface area (Å²) in [4.78, 5) is 14.1. The minimum absolute atomic E-state index is 0. The Morgan fingerprint density at radius 2 is 2.42 bits per heavy atom. The second-order valence-corrected chi connectivity index (χ2v) is 5.32. The van der Waals surface area contributed by atoms with E-state index in [2.05, 4.69) is 10.2 Å². The molecular formula is C13H23ClN4O. The first-order valence-corrected chi connectivity index (χ1v) is 6.60. The standard InChI is InChI=1S/C13H22N4O.ClH/c1-9-6-12(16-15-9)7-13(18)17-5-3-4-11(8-17)10(2)14;/h6,10-11H,3-5,7-8,14H2,1-2H3,(H,15,16);1H. The summed E-state index contributed by atoms with van der Waals surface area (Å²) in [6.07, 6.45) is 2.57. The lowest BCUT2D eigenvalue weighted by Gasteiger charge is -2.34. The summed E-state index contributed by atoms with van der Waals surface area (Å²) < 4.78 is 0. The zero-order valence-electron chi connectivity index (χ0n) is 11.6. The fourth-order valence-corrected chi connectivity index (χ4v) is 2.50. The number of rotatable bonds is 3. The molecule has 0 aliphatic carbocycles. The first-order chi connectivity index (χ1) is 8.56. The van der Waals surface area contributed by atoms with Crippen molar-refractivity contribution in [3.05, 3.63) is 17.5 Å². The molecule has 0 saturated carbocycles. The summed E-state index contributed by atoms with van der Waals surface area (Å²) in [5, 5.41) is 6.97. The zero-order valence-corrected chi connectivity index (χ0v) is 12.4. The van der Waals surface area contributed by atoms with Crippen LogP contribution in [0, 0.1) is 12.8 Å². The Bertz CT molecular complexity index is 419. The van der Waals surface area contributed by atoms with Crippen molar-refractivity contribution in [1.82, 2.24) is 15.1 Å². The van der Waals surface area contributed by atoms with Gasteiger partial charge >= 0.3 is 0 Å². The third-order valence-electron chi connectivity index (χ3n) is 3.65. The first-order valence-electron chi connectivity index (χ1n) is 6.60. The van der Waals surface area contributed by atoms with Crippen LogP contribution in [0.1, 0.15) is 31.2 Å². The van der Waals surface area contributed by atoms with Crippen molar-refractivity contribution in [1.29, 1.82) is 0 Å². The van der Waals surface area contributed by atoms with Crippen molar-refractivity contribution >= 4 is 18.3 Å². The van der Waals surface area contributed by atoms with Crippen LogP contribution in [0.2, 0.25) is 0 Å². The van der Waals surface area contributed by atoms with Crippen LogP contribution < -0.4 is 5.73 Å². The normalized spacial score (nSPS) is 20.8. The number of hydrogen-bond acceptors (Lipinski definition) is 3. The molecule has 6 heteroatoms. The van der Waals surface area contributed by atoms with Gasteiger partial charge in [0.15, 0.2) is 0 Å². The lowest BCUT2D eigenvalue weighted by atomic mass is 9.92. The molecular weight excluding hydrogens is 264 g/mol. The highest BCUT2D eigenvalue weighted by molar-refractivity contribution is 5.85. The second-order valence-electron chi connectivity index (χ2n) is 5.32. The minimum Gasteiger partial charge on any atom is -0.342 e. The van der Waals surface area contributed by atoms with E-state index >= 15 is 0 Å². The second kappa shape index (κ2) is 6.91. The lowest BCUT2D eigenvalue weighted by molar-refractivity contribution is -0.132. The Balaban J connectivity index is 0.00000180. The number of likely N-dealkylation sites (tertiary alicyclic amines) is 1. The molecule has 5 nitrogen and oxygen atoms in total. The van der Waals surface area contributed by atoms with Crippen LogP contribution in [-0.4, -0.2) is 40.1 Å². The number of hydrogen-bond donors (Lipinski definition) is 2. The average molecular weight is 287 g/mol. The van der Waals surface area contributed by atoms with E-state index in [4.69, 9.17) is 5.73 Å². The van der Waals surface area contributed by atoms with Crippen LogP contribution >= 0.6 is 12.4 Å². The van der Waals surface area contributed by atoms with E-state index in [1.807, 2.05) is 24.8 Å². The Hall–Kier alpha value is -1.07. The molecule has 1 amide bonds. The van der Waals surface area contributed by atoms with E-state index < -0.39 is 0 Å². The van der Waals surface area contributed by atoms with E-state index in [-0.39, 0.29) is 24.4 Å². The number of aryl methyl sites for hydroxylation is 1. The van der Waals surface area contributed by atoms with Crippen molar-refractivity contribution < 1.29 is 4.79 Å². The zero-order chi connectivity index (χ0) is 13.1. The monoisotopic (exact) mass is 286 g/mol. The molecule has 0 bridgehead atoms. The van der Waals surface area contributed by atoms with Crippen LogP contribution in [0.3, 0.4) is 0 Å². The summed E-state index contributed by atoms with van der Waals surface area (Å²) in [6.45, 7) is 5.61. The van der Waals surface area contributed by atoms with Gasteiger partial charge in [-0.05, 0) is 38.7 Å². The summed E-state index contributed by atoms with van der Waals surface area (Å²) >= 11 is 0. The molecule has 0 radical (unpaired) electrons. The number of nitrogens with one attached hydrogen (secondary N) is 1. The van der Waals surface area contributed by atoms with Crippen molar-refractivity contribution in [2.24, 2.45) is 11.7 Å². The number of nitrogens with zero attached hydrogens (tertiary/aromatic N) is 2. The lowest BCUT2D eigenvalue weighted by Crippen LogP contribution is -2.45. The third-order valence-corrected chi connectivity index (χ3v) is 3.65. The Morgan fingerprint density at radius 3 is 3.00 bits per heavy atom. The van der Waals surface area contributed by atoms with Gasteiger partial charge in [-0.3, -0.25) is 9.89 Å². The third kappa shape index (κ3) is 4.21. The molecule has 2 rings (SSSR count). The highest BCUT2D eigenvalue weighted by atomic mass is 35.5.